The first kappa shape index (κ1) is 13.2. The van der Waals surface area contributed by atoms with Gasteiger partial charge in [0.05, 0.1) is 0 Å². The highest BCUT2D eigenvalue weighted by Crippen LogP contribution is 2.32. The van der Waals surface area contributed by atoms with E-state index >= 15 is 0 Å². The highest BCUT2D eigenvalue weighted by molar-refractivity contribution is 7.99. The van der Waals surface area contributed by atoms with Crippen molar-refractivity contribution in [3.05, 3.63) is 58.0 Å². The Morgan fingerprint density at radius 2 is 1.86 bits per heavy atom. The second-order valence-corrected chi connectivity index (χ2v) is 7.38. The Balaban J connectivity index is 1.77. The molecule has 1 fully saturated rings. The molecule has 1 saturated carbocycles. The maximum atomic E-state index is 2.49. The second-order valence-electron chi connectivity index (χ2n) is 6.30. The van der Waals surface area contributed by atoms with Gasteiger partial charge < -0.3 is 0 Å². The van der Waals surface area contributed by atoms with E-state index in [0.717, 1.165) is 5.92 Å². The molecule has 0 nitrogen and oxygen atoms in total. The van der Waals surface area contributed by atoms with Crippen LogP contribution >= 0.6 is 11.8 Å². The predicted molar refractivity (Wildman–Crippen MR) is 91.0 cm³/mol. The van der Waals surface area contributed by atoms with Gasteiger partial charge in [-0.15, -0.1) is 0 Å². The van der Waals surface area contributed by atoms with Crippen molar-refractivity contribution in [3.63, 3.8) is 0 Å². The van der Waals surface area contributed by atoms with Crippen LogP contribution in [0.25, 0.3) is 12.2 Å². The van der Waals surface area contributed by atoms with E-state index in [1.807, 2.05) is 11.8 Å². The third-order valence-corrected chi connectivity index (χ3v) is 5.71. The first-order valence-corrected chi connectivity index (χ1v) is 8.72. The van der Waals surface area contributed by atoms with Crippen molar-refractivity contribution in [2.45, 2.75) is 42.4 Å². The number of fused-ring (bicyclic) bond motifs is 2. The Morgan fingerprint density at radius 3 is 2.71 bits per heavy atom. The number of hydrogen-bond donors (Lipinski definition) is 0. The summed E-state index contributed by atoms with van der Waals surface area (Å²) in [7, 11) is 0. The fourth-order valence-electron chi connectivity index (χ4n) is 3.39. The average molecular weight is 292 g/mol. The van der Waals surface area contributed by atoms with E-state index in [4.69, 9.17) is 0 Å². The molecule has 0 bridgehead atoms. The van der Waals surface area contributed by atoms with Crippen molar-refractivity contribution in [2.75, 3.05) is 0 Å². The van der Waals surface area contributed by atoms with Crippen LogP contribution in [0.3, 0.4) is 0 Å². The van der Waals surface area contributed by atoms with Gasteiger partial charge >= 0.3 is 0 Å². The number of hydrogen-bond acceptors (Lipinski definition) is 1. The van der Waals surface area contributed by atoms with Gasteiger partial charge in [0.15, 0.2) is 0 Å². The summed E-state index contributed by atoms with van der Waals surface area (Å²) in [5.41, 5.74) is 2.69. The van der Waals surface area contributed by atoms with E-state index in [1.165, 1.54) is 57.0 Å². The second kappa shape index (κ2) is 5.38. The molecule has 1 heterocycles. The van der Waals surface area contributed by atoms with Crippen LogP contribution in [0.2, 0.25) is 0 Å². The fraction of sp³-hybridized carbons (Fsp3) is 0.300. The summed E-state index contributed by atoms with van der Waals surface area (Å²) in [6.07, 6.45) is 10.4. The lowest BCUT2D eigenvalue weighted by molar-refractivity contribution is 0.724. The maximum absolute atomic E-state index is 2.49. The van der Waals surface area contributed by atoms with Crippen LogP contribution in [-0.2, 0) is 0 Å². The van der Waals surface area contributed by atoms with Crippen molar-refractivity contribution in [1.29, 1.82) is 0 Å². The van der Waals surface area contributed by atoms with Crippen LogP contribution < -0.4 is 10.4 Å². The van der Waals surface area contributed by atoms with E-state index in [-0.39, 0.29) is 0 Å². The van der Waals surface area contributed by atoms with Crippen LogP contribution in [0.15, 0.2) is 46.2 Å². The Bertz CT molecular complexity index is 795. The number of aryl methyl sites for hydroxylation is 1. The highest BCUT2D eigenvalue weighted by atomic mass is 32.2. The first-order valence-electron chi connectivity index (χ1n) is 7.90. The minimum Gasteiger partial charge on any atom is -0.0888 e. The van der Waals surface area contributed by atoms with Gasteiger partial charge in [0.2, 0.25) is 0 Å². The van der Waals surface area contributed by atoms with Crippen LogP contribution in [0.1, 0.15) is 36.8 Å². The molecule has 2 aliphatic rings. The van der Waals surface area contributed by atoms with E-state index < -0.39 is 0 Å². The molecule has 2 aromatic rings. The standard InChI is InChI=1S/C20H20S/c1-14-6-8-17-13-18-9-7-16(11-15-4-2-3-5-15)12-20(18)21-19(17)10-14/h6-13,15H,2-5H2,1H3. The molecule has 0 radical (unpaired) electrons. The summed E-state index contributed by atoms with van der Waals surface area (Å²) in [6, 6.07) is 13.7. The Hall–Kier alpha value is -1.47. The van der Waals surface area contributed by atoms with Crippen LogP contribution in [0, 0.1) is 12.8 Å². The van der Waals surface area contributed by atoms with Gasteiger partial charge in [-0.2, -0.15) is 0 Å². The first-order chi connectivity index (χ1) is 10.3. The molecule has 4 rings (SSSR count). The predicted octanol–water partition coefficient (Wildman–Crippen LogP) is 4.26. The summed E-state index contributed by atoms with van der Waals surface area (Å²) in [6.45, 7) is 2.17. The summed E-state index contributed by atoms with van der Waals surface area (Å²) < 4.78 is 0. The van der Waals surface area contributed by atoms with Crippen LogP contribution in [0.5, 0.6) is 0 Å². The molecule has 0 spiro atoms. The Labute approximate surface area is 130 Å². The Morgan fingerprint density at radius 1 is 1.00 bits per heavy atom. The maximum Gasteiger partial charge on any atom is 0.0201 e. The quantitative estimate of drug-likeness (QED) is 0.646. The summed E-state index contributed by atoms with van der Waals surface area (Å²) in [4.78, 5) is 2.79. The zero-order chi connectivity index (χ0) is 14.2. The summed E-state index contributed by atoms with van der Waals surface area (Å²) >= 11 is 1.92. The smallest absolute Gasteiger partial charge is 0.0201 e. The summed E-state index contributed by atoms with van der Waals surface area (Å²) in [5.74, 6) is 0.801. The van der Waals surface area contributed by atoms with E-state index in [1.54, 1.807) is 0 Å². The molecule has 0 amide bonds. The van der Waals surface area contributed by atoms with Crippen LogP contribution in [0.4, 0.5) is 0 Å². The Kier molecular flexibility index (Phi) is 3.39. The topological polar surface area (TPSA) is 0 Å². The molecule has 2 aromatic carbocycles. The van der Waals surface area contributed by atoms with Gasteiger partial charge in [0, 0.05) is 9.79 Å². The van der Waals surface area contributed by atoms with Gasteiger partial charge in [0.25, 0.3) is 0 Å². The molecule has 1 heteroatoms. The lowest BCUT2D eigenvalue weighted by atomic mass is 10.1. The van der Waals surface area contributed by atoms with Crippen molar-refractivity contribution in [2.24, 2.45) is 5.92 Å². The minimum absolute atomic E-state index is 0.801. The molecule has 0 unspecified atom stereocenters. The molecule has 0 saturated heterocycles. The molecule has 0 aromatic heterocycles. The van der Waals surface area contributed by atoms with Crippen molar-refractivity contribution in [1.82, 2.24) is 0 Å². The molecule has 1 aliphatic heterocycles. The van der Waals surface area contributed by atoms with Crippen molar-refractivity contribution < 1.29 is 0 Å². The third-order valence-electron chi connectivity index (χ3n) is 4.57. The zero-order valence-electron chi connectivity index (χ0n) is 12.4. The largest absolute Gasteiger partial charge is 0.0888 e. The van der Waals surface area contributed by atoms with Gasteiger partial charge in [-0.25, -0.2) is 0 Å². The van der Waals surface area contributed by atoms with Gasteiger partial charge in [-0.05, 0) is 65.5 Å². The molecular weight excluding hydrogens is 272 g/mol. The van der Waals surface area contributed by atoms with E-state index in [2.05, 4.69) is 55.5 Å². The highest BCUT2D eigenvalue weighted by Gasteiger charge is 2.13. The van der Waals surface area contributed by atoms with E-state index in [0.29, 0.717) is 0 Å². The minimum atomic E-state index is 0.801. The molecule has 0 N–H and O–H groups in total. The lowest BCUT2D eigenvalue weighted by Gasteiger charge is -2.13. The van der Waals surface area contributed by atoms with Gasteiger partial charge in [-0.3, -0.25) is 0 Å². The van der Waals surface area contributed by atoms with Crippen LogP contribution in [-0.4, -0.2) is 0 Å². The van der Waals surface area contributed by atoms with Crippen molar-refractivity contribution >= 4 is 23.9 Å². The monoisotopic (exact) mass is 292 g/mol. The normalized spacial score (nSPS) is 18.2. The van der Waals surface area contributed by atoms with Gasteiger partial charge in [0.1, 0.15) is 0 Å². The van der Waals surface area contributed by atoms with Gasteiger partial charge in [-0.1, -0.05) is 54.9 Å². The SMILES string of the molecule is Cc1ccc2c(c1)Sc1cc(=CC3CCCC3)ccc1=C2. The lowest BCUT2D eigenvalue weighted by Crippen LogP contribution is -2.14. The molecule has 0 atom stereocenters. The van der Waals surface area contributed by atoms with E-state index in [9.17, 15) is 0 Å². The molecule has 106 valence electrons. The zero-order valence-corrected chi connectivity index (χ0v) is 13.2. The molecular formula is C20H20S. The average Bonchev–Trinajstić information content (AvgIpc) is 2.98. The third kappa shape index (κ3) is 2.67. The molecule has 21 heavy (non-hydrogen) atoms. The van der Waals surface area contributed by atoms with Crippen molar-refractivity contribution in [3.8, 4) is 0 Å². The number of benzene rings is 2. The fourth-order valence-corrected chi connectivity index (χ4v) is 4.56. The molecule has 1 aliphatic carbocycles. The summed E-state index contributed by atoms with van der Waals surface area (Å²) in [5, 5.41) is 2.76. The number of rotatable bonds is 1.